The predicted molar refractivity (Wildman–Crippen MR) is 100 cm³/mol. The van der Waals surface area contributed by atoms with Gasteiger partial charge in [-0.2, -0.15) is 0 Å². The maximum Gasteiger partial charge on any atom is 0.316 e. The number of halogens is 1. The number of hydrogen-bond acceptors (Lipinski definition) is 4. The number of nitrogens with one attached hydrogen (secondary N) is 1. The van der Waals surface area contributed by atoms with Crippen LogP contribution in [0.5, 0.6) is 0 Å². The fourth-order valence-corrected chi connectivity index (χ4v) is 4.08. The van der Waals surface area contributed by atoms with Crippen LogP contribution in [0.15, 0.2) is 27.6 Å². The molecule has 0 aliphatic heterocycles. The van der Waals surface area contributed by atoms with Crippen LogP contribution in [-0.2, 0) is 14.3 Å². The van der Waals surface area contributed by atoms with Crippen molar-refractivity contribution in [2.75, 3.05) is 12.4 Å². The predicted octanol–water partition coefficient (Wildman–Crippen LogP) is 4.23. The van der Waals surface area contributed by atoms with E-state index in [0.29, 0.717) is 0 Å². The summed E-state index contributed by atoms with van der Waals surface area (Å²) in [5.74, 6) is -0.350. The number of esters is 1. The molecule has 1 aliphatic rings. The third-order valence-electron chi connectivity index (χ3n) is 4.07. The average Bonchev–Trinajstić information content (AvgIpc) is 2.81. The lowest BCUT2D eigenvalue weighted by Crippen LogP contribution is -2.37. The number of hydrogen-bond donors (Lipinski definition) is 1. The van der Waals surface area contributed by atoms with Crippen molar-refractivity contribution in [2.45, 2.75) is 56.4 Å². The molecule has 0 radical (unpaired) electrons. The van der Waals surface area contributed by atoms with Crippen molar-refractivity contribution < 1.29 is 14.3 Å². The van der Waals surface area contributed by atoms with Crippen LogP contribution in [0.2, 0.25) is 0 Å². The molecule has 1 amide bonds. The van der Waals surface area contributed by atoms with Crippen molar-refractivity contribution >= 4 is 39.6 Å². The number of thioether (sulfide) groups is 1. The van der Waals surface area contributed by atoms with E-state index in [-0.39, 0.29) is 30.3 Å². The van der Waals surface area contributed by atoms with Crippen molar-refractivity contribution in [3.63, 3.8) is 0 Å². The van der Waals surface area contributed by atoms with Crippen molar-refractivity contribution in [3.8, 4) is 0 Å². The maximum atomic E-state index is 11.9. The Morgan fingerprint density at radius 1 is 1.25 bits per heavy atom. The number of carbonyl (C=O) groups is 2. The summed E-state index contributed by atoms with van der Waals surface area (Å²) in [4.78, 5) is 24.7. The summed E-state index contributed by atoms with van der Waals surface area (Å²) in [6, 6.07) is 6.16. The zero-order valence-electron chi connectivity index (χ0n) is 14.0. The summed E-state index contributed by atoms with van der Waals surface area (Å²) < 4.78 is 6.10. The molecule has 1 aromatic carbocycles. The van der Waals surface area contributed by atoms with Crippen LogP contribution in [0.1, 0.15) is 44.1 Å². The van der Waals surface area contributed by atoms with Crippen LogP contribution in [0.25, 0.3) is 0 Å². The number of amides is 1. The summed E-state index contributed by atoms with van der Waals surface area (Å²) in [5.41, 5.74) is 1.10. The van der Waals surface area contributed by atoms with Crippen molar-refractivity contribution in [1.29, 1.82) is 0 Å². The molecule has 4 nitrogen and oxygen atoms in total. The number of benzene rings is 1. The van der Waals surface area contributed by atoms with Crippen LogP contribution in [0, 0.1) is 6.92 Å². The lowest BCUT2D eigenvalue weighted by molar-refractivity contribution is -0.146. The fraction of sp³-hybridized carbons (Fsp3) is 0.556. The van der Waals surface area contributed by atoms with Crippen molar-refractivity contribution in [2.24, 2.45) is 0 Å². The highest BCUT2D eigenvalue weighted by Gasteiger charge is 2.16. The quantitative estimate of drug-likeness (QED) is 0.430. The van der Waals surface area contributed by atoms with Crippen LogP contribution in [0.3, 0.4) is 0 Å². The number of carbonyl (C=O) groups excluding carboxylic acids is 2. The summed E-state index contributed by atoms with van der Waals surface area (Å²) >= 11 is 4.84. The van der Waals surface area contributed by atoms with Gasteiger partial charge in [-0.3, -0.25) is 9.59 Å². The van der Waals surface area contributed by atoms with E-state index in [0.717, 1.165) is 40.6 Å². The van der Waals surface area contributed by atoms with Crippen LogP contribution in [0.4, 0.5) is 0 Å². The van der Waals surface area contributed by atoms with Gasteiger partial charge in [-0.1, -0.05) is 41.6 Å². The minimum absolute atomic E-state index is 0.185. The Morgan fingerprint density at radius 2 is 1.96 bits per heavy atom. The molecule has 6 heteroatoms. The van der Waals surface area contributed by atoms with E-state index in [2.05, 4.69) is 21.2 Å². The monoisotopic (exact) mass is 413 g/mol. The van der Waals surface area contributed by atoms with Gasteiger partial charge in [0.1, 0.15) is 0 Å². The Kier molecular flexibility index (Phi) is 8.12. The third-order valence-corrected chi connectivity index (χ3v) is 5.71. The second kappa shape index (κ2) is 10.1. The molecule has 1 saturated carbocycles. The molecule has 1 aromatic rings. The van der Waals surface area contributed by atoms with E-state index in [9.17, 15) is 9.59 Å². The molecule has 1 aliphatic carbocycles. The SMILES string of the molecule is Cc1cc(Br)ccc1SCC(=O)OCC(=O)NC1CCCCCC1. The highest BCUT2D eigenvalue weighted by Crippen LogP contribution is 2.25. The van der Waals surface area contributed by atoms with E-state index in [4.69, 9.17) is 4.74 Å². The van der Waals surface area contributed by atoms with Gasteiger partial charge >= 0.3 is 5.97 Å². The van der Waals surface area contributed by atoms with Gasteiger partial charge in [-0.25, -0.2) is 0 Å². The van der Waals surface area contributed by atoms with Crippen LogP contribution < -0.4 is 5.32 Å². The summed E-state index contributed by atoms with van der Waals surface area (Å²) in [5, 5.41) is 2.98. The normalized spacial score (nSPS) is 15.6. The standard InChI is InChI=1S/C18H24BrNO3S/c1-13-10-14(19)8-9-16(13)24-12-18(22)23-11-17(21)20-15-6-4-2-3-5-7-15/h8-10,15H,2-7,11-12H2,1H3,(H,20,21). The topological polar surface area (TPSA) is 55.4 Å². The smallest absolute Gasteiger partial charge is 0.316 e. The molecule has 0 saturated heterocycles. The lowest BCUT2D eigenvalue weighted by Gasteiger charge is -2.16. The molecular weight excluding hydrogens is 390 g/mol. The van der Waals surface area contributed by atoms with E-state index < -0.39 is 0 Å². The minimum atomic E-state index is -0.363. The van der Waals surface area contributed by atoms with E-state index in [1.165, 1.54) is 24.6 Å². The maximum absolute atomic E-state index is 11.9. The second-order valence-corrected chi connectivity index (χ2v) is 8.05. The zero-order valence-corrected chi connectivity index (χ0v) is 16.4. The number of aryl methyl sites for hydroxylation is 1. The molecule has 0 atom stereocenters. The number of ether oxygens (including phenoxy) is 1. The highest BCUT2D eigenvalue weighted by molar-refractivity contribution is 9.10. The van der Waals surface area contributed by atoms with Crippen molar-refractivity contribution in [3.05, 3.63) is 28.2 Å². The van der Waals surface area contributed by atoms with Gasteiger partial charge in [-0.05, 0) is 43.5 Å². The van der Waals surface area contributed by atoms with Gasteiger partial charge in [0.2, 0.25) is 0 Å². The lowest BCUT2D eigenvalue weighted by atomic mass is 10.1. The minimum Gasteiger partial charge on any atom is -0.455 e. The van der Waals surface area contributed by atoms with E-state index >= 15 is 0 Å². The summed E-state index contributed by atoms with van der Waals surface area (Å²) in [6.07, 6.45) is 6.86. The Balaban J connectivity index is 1.67. The molecule has 0 bridgehead atoms. The first-order valence-electron chi connectivity index (χ1n) is 8.38. The first kappa shape index (κ1) is 19.3. The first-order chi connectivity index (χ1) is 11.5. The van der Waals surface area contributed by atoms with Crippen molar-refractivity contribution in [1.82, 2.24) is 5.32 Å². The largest absolute Gasteiger partial charge is 0.455 e. The molecule has 24 heavy (non-hydrogen) atoms. The highest BCUT2D eigenvalue weighted by atomic mass is 79.9. The molecule has 132 valence electrons. The summed E-state index contributed by atoms with van der Waals surface area (Å²) in [7, 11) is 0. The average molecular weight is 414 g/mol. The molecule has 2 rings (SSSR count). The molecule has 1 fully saturated rings. The molecule has 0 heterocycles. The second-order valence-electron chi connectivity index (χ2n) is 6.12. The third kappa shape index (κ3) is 6.85. The molecule has 0 unspecified atom stereocenters. The Labute approximate surface area is 156 Å². The molecule has 0 aromatic heterocycles. The number of rotatable bonds is 6. The van der Waals surface area contributed by atoms with Gasteiger partial charge in [0.15, 0.2) is 6.61 Å². The van der Waals surface area contributed by atoms with Gasteiger partial charge in [-0.15, -0.1) is 11.8 Å². The van der Waals surface area contributed by atoms with Crippen LogP contribution in [-0.4, -0.2) is 30.3 Å². The van der Waals surface area contributed by atoms with E-state index in [1.807, 2.05) is 25.1 Å². The van der Waals surface area contributed by atoms with Crippen LogP contribution >= 0.6 is 27.7 Å². The Bertz CT molecular complexity index is 571. The van der Waals surface area contributed by atoms with Gasteiger partial charge in [0.25, 0.3) is 5.91 Å². The van der Waals surface area contributed by atoms with Gasteiger partial charge < -0.3 is 10.1 Å². The zero-order chi connectivity index (χ0) is 17.4. The molecule has 0 spiro atoms. The first-order valence-corrected chi connectivity index (χ1v) is 10.2. The Morgan fingerprint density at radius 3 is 2.62 bits per heavy atom. The fourth-order valence-electron chi connectivity index (χ4n) is 2.79. The Hall–Kier alpha value is -1.01. The van der Waals surface area contributed by atoms with Gasteiger partial charge in [0, 0.05) is 15.4 Å². The van der Waals surface area contributed by atoms with E-state index in [1.54, 1.807) is 0 Å². The summed E-state index contributed by atoms with van der Waals surface area (Å²) in [6.45, 7) is 1.81. The molecular formula is C18H24BrNO3S. The molecule has 1 N–H and O–H groups in total. The van der Waals surface area contributed by atoms with Gasteiger partial charge in [0.05, 0.1) is 5.75 Å².